The summed E-state index contributed by atoms with van der Waals surface area (Å²) in [6, 6.07) is 12.5. The Bertz CT molecular complexity index is 1260. The molecule has 0 unspecified atom stereocenters. The highest BCUT2D eigenvalue weighted by molar-refractivity contribution is 7.89. The summed E-state index contributed by atoms with van der Waals surface area (Å²) in [5.74, 6) is 0.702. The Kier molecular flexibility index (Phi) is 7.50. The van der Waals surface area contributed by atoms with Crippen LogP contribution in [0.4, 0.5) is 0 Å². The van der Waals surface area contributed by atoms with Crippen molar-refractivity contribution >= 4 is 27.0 Å². The van der Waals surface area contributed by atoms with E-state index in [0.717, 1.165) is 17.5 Å². The van der Waals surface area contributed by atoms with Crippen LogP contribution in [-0.4, -0.2) is 61.2 Å². The number of imidazole rings is 1. The predicted octanol–water partition coefficient (Wildman–Crippen LogP) is 2.76. The molecule has 0 amide bonds. The van der Waals surface area contributed by atoms with Gasteiger partial charge in [-0.15, -0.1) is 0 Å². The van der Waals surface area contributed by atoms with Crippen LogP contribution >= 0.6 is 0 Å². The summed E-state index contributed by atoms with van der Waals surface area (Å²) in [7, 11) is -3.63. The van der Waals surface area contributed by atoms with Crippen LogP contribution in [0.3, 0.4) is 0 Å². The number of aryl methyl sites for hydroxylation is 2. The van der Waals surface area contributed by atoms with E-state index in [-0.39, 0.29) is 18.1 Å². The SMILES string of the molecule is CCc1ccccc1OCC(=O)OCc1nc2cc(S(=O)(=O)N3CCOCC3)ccc2n1CC. The first-order valence-corrected chi connectivity index (χ1v) is 12.8. The number of rotatable bonds is 9. The van der Waals surface area contributed by atoms with Crippen LogP contribution < -0.4 is 4.74 Å². The number of aromatic nitrogens is 2. The average molecular weight is 488 g/mol. The molecule has 3 aromatic rings. The highest BCUT2D eigenvalue weighted by Gasteiger charge is 2.27. The molecule has 0 radical (unpaired) electrons. The van der Waals surface area contributed by atoms with Gasteiger partial charge in [-0.1, -0.05) is 25.1 Å². The summed E-state index contributed by atoms with van der Waals surface area (Å²) >= 11 is 0. The van der Waals surface area contributed by atoms with Crippen molar-refractivity contribution in [1.29, 1.82) is 0 Å². The van der Waals surface area contributed by atoms with Crippen LogP contribution in [0.15, 0.2) is 47.4 Å². The van der Waals surface area contributed by atoms with Gasteiger partial charge in [-0.25, -0.2) is 18.2 Å². The van der Waals surface area contributed by atoms with Crippen molar-refractivity contribution in [3.63, 3.8) is 0 Å². The van der Waals surface area contributed by atoms with Crippen molar-refractivity contribution in [3.05, 3.63) is 53.9 Å². The summed E-state index contributed by atoms with van der Waals surface area (Å²) in [4.78, 5) is 17.0. The number of esters is 1. The molecule has 182 valence electrons. The maximum absolute atomic E-state index is 13.0. The van der Waals surface area contributed by atoms with E-state index >= 15 is 0 Å². The fourth-order valence-electron chi connectivity index (χ4n) is 3.98. The van der Waals surface area contributed by atoms with E-state index < -0.39 is 16.0 Å². The minimum Gasteiger partial charge on any atom is -0.482 e. The first-order chi connectivity index (χ1) is 16.4. The second-order valence-electron chi connectivity index (χ2n) is 7.85. The average Bonchev–Trinajstić information content (AvgIpc) is 3.23. The normalized spacial score (nSPS) is 14.9. The standard InChI is InChI=1S/C24H29N3O6S/c1-3-18-7-5-6-8-22(18)32-17-24(28)33-16-23-25-20-15-19(9-10-21(20)27(23)4-2)34(29,30)26-11-13-31-14-12-26/h5-10,15H,3-4,11-14,16-17H2,1-2H3. The highest BCUT2D eigenvalue weighted by atomic mass is 32.2. The fourth-order valence-corrected chi connectivity index (χ4v) is 5.41. The fraction of sp³-hybridized carbons (Fsp3) is 0.417. The smallest absolute Gasteiger partial charge is 0.344 e. The third-order valence-electron chi connectivity index (χ3n) is 5.78. The Morgan fingerprint density at radius 2 is 1.88 bits per heavy atom. The molecule has 1 fully saturated rings. The van der Waals surface area contributed by atoms with Gasteiger partial charge in [0.15, 0.2) is 6.61 Å². The molecular formula is C24H29N3O6S. The van der Waals surface area contributed by atoms with Gasteiger partial charge in [0.25, 0.3) is 0 Å². The van der Waals surface area contributed by atoms with Crippen molar-refractivity contribution in [2.45, 2.75) is 38.3 Å². The Morgan fingerprint density at radius 3 is 2.62 bits per heavy atom. The van der Waals surface area contributed by atoms with Crippen molar-refractivity contribution in [2.24, 2.45) is 0 Å². The van der Waals surface area contributed by atoms with Gasteiger partial charge < -0.3 is 18.8 Å². The molecule has 34 heavy (non-hydrogen) atoms. The van der Waals surface area contributed by atoms with Gasteiger partial charge in [-0.05, 0) is 43.2 Å². The van der Waals surface area contributed by atoms with Crippen molar-refractivity contribution in [3.8, 4) is 5.75 Å². The van der Waals surface area contributed by atoms with Gasteiger partial charge >= 0.3 is 5.97 Å². The number of carbonyl (C=O) groups excluding carboxylic acids is 1. The van der Waals surface area contributed by atoms with Gasteiger partial charge in [-0.2, -0.15) is 4.31 Å². The zero-order valence-electron chi connectivity index (χ0n) is 19.4. The maximum atomic E-state index is 13.0. The van der Waals surface area contributed by atoms with Crippen molar-refractivity contribution in [2.75, 3.05) is 32.9 Å². The lowest BCUT2D eigenvalue weighted by Gasteiger charge is -2.26. The monoisotopic (exact) mass is 487 g/mol. The minimum atomic E-state index is -3.63. The molecule has 0 N–H and O–H groups in total. The minimum absolute atomic E-state index is 0.0360. The second kappa shape index (κ2) is 10.5. The summed E-state index contributed by atoms with van der Waals surface area (Å²) in [6.45, 7) is 5.76. The van der Waals surface area contributed by atoms with Crippen molar-refractivity contribution in [1.82, 2.24) is 13.9 Å². The molecule has 0 atom stereocenters. The van der Waals surface area contributed by atoms with Gasteiger partial charge in [-0.3, -0.25) is 0 Å². The lowest BCUT2D eigenvalue weighted by molar-refractivity contribution is -0.147. The number of benzene rings is 2. The third-order valence-corrected chi connectivity index (χ3v) is 7.68. The van der Waals surface area contributed by atoms with Crippen LogP contribution in [0.2, 0.25) is 0 Å². The van der Waals surface area contributed by atoms with Crippen LogP contribution in [-0.2, 0) is 43.9 Å². The van der Waals surface area contributed by atoms with Crippen LogP contribution in [0.1, 0.15) is 25.2 Å². The zero-order chi connectivity index (χ0) is 24.1. The summed E-state index contributed by atoms with van der Waals surface area (Å²) in [5, 5.41) is 0. The molecule has 1 aromatic heterocycles. The Balaban J connectivity index is 1.46. The van der Waals surface area contributed by atoms with Crippen LogP contribution in [0.25, 0.3) is 11.0 Å². The van der Waals surface area contributed by atoms with Gasteiger partial charge in [0.05, 0.1) is 29.1 Å². The quantitative estimate of drug-likeness (QED) is 0.428. The molecule has 0 bridgehead atoms. The maximum Gasteiger partial charge on any atom is 0.344 e. The number of carbonyl (C=O) groups is 1. The molecule has 2 aromatic carbocycles. The molecule has 1 aliphatic rings. The number of fused-ring (bicyclic) bond motifs is 1. The number of morpholine rings is 1. The molecule has 4 rings (SSSR count). The molecule has 0 saturated carbocycles. The zero-order valence-corrected chi connectivity index (χ0v) is 20.2. The molecule has 9 nitrogen and oxygen atoms in total. The largest absolute Gasteiger partial charge is 0.482 e. The predicted molar refractivity (Wildman–Crippen MR) is 126 cm³/mol. The molecule has 0 spiro atoms. The lowest BCUT2D eigenvalue weighted by Crippen LogP contribution is -2.40. The third kappa shape index (κ3) is 5.08. The van der Waals surface area contributed by atoms with Crippen molar-refractivity contribution < 1.29 is 27.4 Å². The molecule has 10 heteroatoms. The summed E-state index contributed by atoms with van der Waals surface area (Å²) in [5.41, 5.74) is 2.34. The van der Waals surface area contributed by atoms with Gasteiger partial charge in [0.1, 0.15) is 18.2 Å². The van der Waals surface area contributed by atoms with E-state index in [1.165, 1.54) is 4.31 Å². The number of sulfonamides is 1. The Hall–Kier alpha value is -2.95. The molecule has 1 saturated heterocycles. The Morgan fingerprint density at radius 1 is 1.12 bits per heavy atom. The molecular weight excluding hydrogens is 458 g/mol. The molecule has 2 heterocycles. The van der Waals surface area contributed by atoms with E-state index in [0.29, 0.717) is 49.9 Å². The van der Waals surface area contributed by atoms with E-state index in [1.807, 2.05) is 42.7 Å². The van der Waals surface area contributed by atoms with Crippen LogP contribution in [0.5, 0.6) is 5.75 Å². The number of para-hydroxylation sites is 1. The first-order valence-electron chi connectivity index (χ1n) is 11.4. The summed E-state index contributed by atoms with van der Waals surface area (Å²) < 4.78 is 45.6. The van der Waals surface area contributed by atoms with Gasteiger partial charge in [0, 0.05) is 19.6 Å². The molecule has 0 aliphatic carbocycles. The van der Waals surface area contributed by atoms with E-state index in [1.54, 1.807) is 18.2 Å². The van der Waals surface area contributed by atoms with Gasteiger partial charge in [0.2, 0.25) is 10.0 Å². The number of nitrogens with zero attached hydrogens (tertiary/aromatic N) is 3. The lowest BCUT2D eigenvalue weighted by atomic mass is 10.1. The number of ether oxygens (including phenoxy) is 3. The van der Waals surface area contributed by atoms with E-state index in [2.05, 4.69) is 4.98 Å². The number of hydrogen-bond donors (Lipinski definition) is 0. The van der Waals surface area contributed by atoms with E-state index in [9.17, 15) is 13.2 Å². The van der Waals surface area contributed by atoms with Crippen LogP contribution in [0, 0.1) is 0 Å². The topological polar surface area (TPSA) is 100.0 Å². The first kappa shape index (κ1) is 24.2. The number of hydrogen-bond acceptors (Lipinski definition) is 7. The van der Waals surface area contributed by atoms with E-state index in [4.69, 9.17) is 14.2 Å². The summed E-state index contributed by atoms with van der Waals surface area (Å²) in [6.07, 6.45) is 0.801. The highest BCUT2D eigenvalue weighted by Crippen LogP contribution is 2.24. The molecule has 1 aliphatic heterocycles. The Labute approximate surface area is 199 Å². The second-order valence-corrected chi connectivity index (χ2v) is 9.79.